The van der Waals surface area contributed by atoms with Gasteiger partial charge in [0.05, 0.1) is 28.6 Å². The van der Waals surface area contributed by atoms with Crippen molar-refractivity contribution in [2.45, 2.75) is 55.3 Å². The largest absolute Gasteiger partial charge is 0.344 e. The molecular formula is C23H25N5O4S. The molecule has 3 amide bonds. The average molecular weight is 468 g/mol. The number of pyridine rings is 2. The van der Waals surface area contributed by atoms with Crippen molar-refractivity contribution in [3.8, 4) is 0 Å². The van der Waals surface area contributed by atoms with Crippen LogP contribution in [0, 0.1) is 0 Å². The molecule has 2 aromatic rings. The van der Waals surface area contributed by atoms with E-state index in [4.69, 9.17) is 0 Å². The van der Waals surface area contributed by atoms with Crippen molar-refractivity contribution < 1.29 is 14.4 Å². The van der Waals surface area contributed by atoms with Gasteiger partial charge in [-0.2, -0.15) is 0 Å². The Morgan fingerprint density at radius 3 is 2.97 bits per heavy atom. The van der Waals surface area contributed by atoms with E-state index in [1.165, 1.54) is 28.6 Å². The van der Waals surface area contributed by atoms with Crippen LogP contribution in [0.5, 0.6) is 0 Å². The highest BCUT2D eigenvalue weighted by Gasteiger charge is 2.53. The predicted octanol–water partition coefficient (Wildman–Crippen LogP) is 1.80. The van der Waals surface area contributed by atoms with Crippen LogP contribution < -0.4 is 16.2 Å². The molecule has 1 saturated heterocycles. The fraction of sp³-hybridized carbons (Fsp3) is 0.435. The second kappa shape index (κ2) is 8.33. The molecule has 1 unspecified atom stereocenters. The van der Waals surface area contributed by atoms with Gasteiger partial charge in [0.1, 0.15) is 11.1 Å². The molecule has 1 aliphatic carbocycles. The van der Waals surface area contributed by atoms with Crippen molar-refractivity contribution in [1.29, 1.82) is 0 Å². The summed E-state index contributed by atoms with van der Waals surface area (Å²) >= 11 is 1.35. The van der Waals surface area contributed by atoms with Crippen LogP contribution >= 0.6 is 11.8 Å². The Morgan fingerprint density at radius 1 is 1.30 bits per heavy atom. The van der Waals surface area contributed by atoms with Crippen LogP contribution in [0.2, 0.25) is 0 Å². The minimum Gasteiger partial charge on any atom is -0.344 e. The standard InChI is InChI=1S/C23H25N5O4S/c1-14(27-9-3-2-6-19(27)30)22(32)28-10-8-23(7-4-5-17(23)28)26-20(31)15-11-16-21(24-12-15)33-13-18(29)25-16/h2-3,6,9,11-12,14,17H,4-5,7-8,10,13H2,1H3,(H,25,29)(H,26,31)/t14?,17-,23+/m0/s1. The third-order valence-corrected chi connectivity index (χ3v) is 7.92. The lowest BCUT2D eigenvalue weighted by Gasteiger charge is -2.34. The van der Waals surface area contributed by atoms with Gasteiger partial charge < -0.3 is 20.1 Å². The summed E-state index contributed by atoms with van der Waals surface area (Å²) in [6.07, 6.45) is 6.32. The Hall–Kier alpha value is -3.14. The van der Waals surface area contributed by atoms with Gasteiger partial charge in [0, 0.05) is 25.0 Å². The molecule has 33 heavy (non-hydrogen) atoms. The molecular weight excluding hydrogens is 442 g/mol. The molecule has 5 rings (SSSR count). The quantitative estimate of drug-likeness (QED) is 0.709. The van der Waals surface area contributed by atoms with Crippen LogP contribution in [0.25, 0.3) is 0 Å². The zero-order valence-electron chi connectivity index (χ0n) is 18.2. The van der Waals surface area contributed by atoms with Crippen LogP contribution in [0.1, 0.15) is 49.0 Å². The van der Waals surface area contributed by atoms with Crippen molar-refractivity contribution in [3.05, 3.63) is 52.6 Å². The highest BCUT2D eigenvalue weighted by Crippen LogP contribution is 2.42. The number of hydrogen-bond acceptors (Lipinski definition) is 6. The molecule has 2 N–H and O–H groups in total. The monoisotopic (exact) mass is 467 g/mol. The molecule has 0 spiro atoms. The Kier molecular flexibility index (Phi) is 5.48. The third kappa shape index (κ3) is 3.82. The lowest BCUT2D eigenvalue weighted by Crippen LogP contribution is -2.55. The van der Waals surface area contributed by atoms with Gasteiger partial charge in [0.25, 0.3) is 11.5 Å². The first-order chi connectivity index (χ1) is 15.9. The zero-order valence-corrected chi connectivity index (χ0v) is 19.1. The van der Waals surface area contributed by atoms with Gasteiger partial charge in [0.2, 0.25) is 11.8 Å². The number of amides is 3. The highest BCUT2D eigenvalue weighted by molar-refractivity contribution is 8.00. The van der Waals surface area contributed by atoms with E-state index in [2.05, 4.69) is 15.6 Å². The molecule has 2 aliphatic heterocycles. The van der Waals surface area contributed by atoms with E-state index in [1.807, 2.05) is 4.90 Å². The summed E-state index contributed by atoms with van der Waals surface area (Å²) in [6, 6.07) is 5.77. The summed E-state index contributed by atoms with van der Waals surface area (Å²) < 4.78 is 1.45. The Labute approximate surface area is 194 Å². The summed E-state index contributed by atoms with van der Waals surface area (Å²) in [4.78, 5) is 56.5. The number of carbonyl (C=O) groups is 3. The number of fused-ring (bicyclic) bond motifs is 2. The minimum absolute atomic E-state index is 0.110. The van der Waals surface area contributed by atoms with Gasteiger partial charge >= 0.3 is 0 Å². The van der Waals surface area contributed by atoms with Crippen LogP contribution in [-0.2, 0) is 9.59 Å². The Balaban J connectivity index is 1.34. The first-order valence-electron chi connectivity index (χ1n) is 11.1. The third-order valence-electron chi connectivity index (χ3n) is 6.91. The van der Waals surface area contributed by atoms with Crippen LogP contribution in [0.3, 0.4) is 0 Å². The first kappa shape index (κ1) is 21.7. The molecule has 2 fully saturated rings. The molecule has 0 aromatic carbocycles. The summed E-state index contributed by atoms with van der Waals surface area (Å²) in [6.45, 7) is 2.27. The summed E-state index contributed by atoms with van der Waals surface area (Å²) in [5.41, 5.74) is 0.219. The molecule has 9 nitrogen and oxygen atoms in total. The SMILES string of the molecule is CC(C(=O)N1CC[C@]2(NC(=O)c3cnc4c(c3)NC(=O)CS4)CCC[C@H]12)n1ccccc1=O. The number of thioether (sulfide) groups is 1. The van der Waals surface area contributed by atoms with Crippen molar-refractivity contribution in [3.63, 3.8) is 0 Å². The van der Waals surface area contributed by atoms with Gasteiger partial charge in [-0.3, -0.25) is 19.2 Å². The smallest absolute Gasteiger partial charge is 0.253 e. The van der Waals surface area contributed by atoms with Gasteiger partial charge in [-0.25, -0.2) is 4.98 Å². The van der Waals surface area contributed by atoms with Gasteiger partial charge in [-0.05, 0) is 44.7 Å². The minimum atomic E-state index is -0.614. The molecule has 10 heteroatoms. The number of likely N-dealkylation sites (tertiary alicyclic amines) is 1. The van der Waals surface area contributed by atoms with Gasteiger partial charge in [-0.15, -0.1) is 0 Å². The average Bonchev–Trinajstić information content (AvgIpc) is 3.36. The number of aromatic nitrogens is 2. The fourth-order valence-electron chi connectivity index (χ4n) is 5.27. The number of nitrogens with one attached hydrogen (secondary N) is 2. The summed E-state index contributed by atoms with van der Waals surface area (Å²) in [5, 5.41) is 6.67. The predicted molar refractivity (Wildman–Crippen MR) is 123 cm³/mol. The molecule has 0 bridgehead atoms. The van der Waals surface area contributed by atoms with Crippen molar-refractivity contribution >= 4 is 35.2 Å². The van der Waals surface area contributed by atoms with Crippen molar-refractivity contribution in [1.82, 2.24) is 19.8 Å². The van der Waals surface area contributed by atoms with E-state index in [-0.39, 0.29) is 29.3 Å². The normalized spacial score (nSPS) is 24.6. The number of nitrogens with zero attached hydrogens (tertiary/aromatic N) is 3. The van der Waals surface area contributed by atoms with E-state index in [1.54, 1.807) is 31.3 Å². The van der Waals surface area contributed by atoms with Crippen LogP contribution in [-0.4, -0.2) is 56.1 Å². The number of carbonyl (C=O) groups excluding carboxylic acids is 3. The Morgan fingerprint density at radius 2 is 2.15 bits per heavy atom. The van der Waals surface area contributed by atoms with E-state index >= 15 is 0 Å². The first-order valence-corrected chi connectivity index (χ1v) is 12.1. The second-order valence-corrected chi connectivity index (χ2v) is 9.80. The molecule has 3 atom stereocenters. The van der Waals surface area contributed by atoms with E-state index in [0.29, 0.717) is 35.0 Å². The molecule has 3 aliphatic rings. The highest BCUT2D eigenvalue weighted by atomic mass is 32.2. The number of rotatable bonds is 4. The van der Waals surface area contributed by atoms with Gasteiger partial charge in [-0.1, -0.05) is 17.8 Å². The van der Waals surface area contributed by atoms with E-state index in [9.17, 15) is 19.2 Å². The maximum atomic E-state index is 13.3. The number of anilines is 1. The van der Waals surface area contributed by atoms with Crippen LogP contribution in [0.4, 0.5) is 5.69 Å². The van der Waals surface area contributed by atoms with Crippen molar-refractivity contribution in [2.24, 2.45) is 0 Å². The second-order valence-electron chi connectivity index (χ2n) is 8.84. The lowest BCUT2D eigenvalue weighted by molar-refractivity contribution is -0.135. The Bertz CT molecular complexity index is 1200. The fourth-order valence-corrected chi connectivity index (χ4v) is 6.00. The zero-order chi connectivity index (χ0) is 23.2. The maximum absolute atomic E-state index is 13.3. The lowest BCUT2D eigenvalue weighted by atomic mass is 9.92. The molecule has 172 valence electrons. The van der Waals surface area contributed by atoms with E-state index < -0.39 is 11.6 Å². The van der Waals surface area contributed by atoms with Gasteiger partial charge in [0.15, 0.2) is 0 Å². The molecule has 2 aromatic heterocycles. The topological polar surface area (TPSA) is 113 Å². The maximum Gasteiger partial charge on any atom is 0.253 e. The van der Waals surface area contributed by atoms with Crippen LogP contribution in [0.15, 0.2) is 46.5 Å². The van der Waals surface area contributed by atoms with E-state index in [0.717, 1.165) is 19.3 Å². The molecule has 1 saturated carbocycles. The summed E-state index contributed by atoms with van der Waals surface area (Å²) in [7, 11) is 0. The van der Waals surface area contributed by atoms with Crippen molar-refractivity contribution in [2.75, 3.05) is 17.6 Å². The molecule has 4 heterocycles. The molecule has 0 radical (unpaired) electrons. The summed E-state index contributed by atoms with van der Waals surface area (Å²) in [5.74, 6) is -0.170. The number of hydrogen-bond donors (Lipinski definition) is 2.